The first kappa shape index (κ1) is 10.8. The predicted octanol–water partition coefficient (Wildman–Crippen LogP) is 0.552. The molecule has 0 spiro atoms. The highest BCUT2D eigenvalue weighted by Gasteiger charge is 2.15. The largest absolute Gasteiger partial charge is 0.392 e. The molecule has 14 heavy (non-hydrogen) atoms. The van der Waals surface area contributed by atoms with Gasteiger partial charge < -0.3 is 16.6 Å². The van der Waals surface area contributed by atoms with E-state index in [2.05, 4.69) is 4.98 Å². The minimum atomic E-state index is -2.69. The van der Waals surface area contributed by atoms with E-state index < -0.39 is 6.43 Å². The van der Waals surface area contributed by atoms with Crippen molar-refractivity contribution in [2.24, 2.45) is 5.73 Å². The SMILES string of the molecule is NCc1nc(N)c(C(F)F)cc1CO. The van der Waals surface area contributed by atoms with Crippen molar-refractivity contribution >= 4 is 5.82 Å². The van der Waals surface area contributed by atoms with E-state index in [0.29, 0.717) is 5.69 Å². The average molecular weight is 203 g/mol. The summed E-state index contributed by atoms with van der Waals surface area (Å²) in [7, 11) is 0. The highest BCUT2D eigenvalue weighted by atomic mass is 19.3. The molecular weight excluding hydrogens is 192 g/mol. The molecule has 0 radical (unpaired) electrons. The van der Waals surface area contributed by atoms with Crippen LogP contribution in [0.3, 0.4) is 0 Å². The van der Waals surface area contributed by atoms with Gasteiger partial charge in [0.05, 0.1) is 17.9 Å². The van der Waals surface area contributed by atoms with Crippen LogP contribution in [0.5, 0.6) is 0 Å². The van der Waals surface area contributed by atoms with Gasteiger partial charge in [-0.1, -0.05) is 0 Å². The summed E-state index contributed by atoms with van der Waals surface area (Å²) in [6.07, 6.45) is -2.69. The van der Waals surface area contributed by atoms with E-state index >= 15 is 0 Å². The molecule has 1 aromatic heterocycles. The second-order valence-corrected chi connectivity index (χ2v) is 2.73. The Hall–Kier alpha value is -1.27. The minimum absolute atomic E-state index is 0.0591. The van der Waals surface area contributed by atoms with Gasteiger partial charge >= 0.3 is 0 Å². The monoisotopic (exact) mass is 203 g/mol. The van der Waals surface area contributed by atoms with Gasteiger partial charge in [0.2, 0.25) is 0 Å². The van der Waals surface area contributed by atoms with Gasteiger partial charge in [0.1, 0.15) is 5.82 Å². The van der Waals surface area contributed by atoms with E-state index in [1.807, 2.05) is 0 Å². The van der Waals surface area contributed by atoms with Crippen molar-refractivity contribution < 1.29 is 13.9 Å². The third-order valence-corrected chi connectivity index (χ3v) is 1.85. The lowest BCUT2D eigenvalue weighted by molar-refractivity contribution is 0.151. The van der Waals surface area contributed by atoms with Crippen LogP contribution in [-0.2, 0) is 13.2 Å². The Morgan fingerprint density at radius 1 is 1.50 bits per heavy atom. The Balaban J connectivity index is 3.23. The van der Waals surface area contributed by atoms with Crippen LogP contribution >= 0.6 is 0 Å². The smallest absolute Gasteiger partial charge is 0.267 e. The first-order chi connectivity index (χ1) is 6.60. The number of halogens is 2. The van der Waals surface area contributed by atoms with E-state index in [1.54, 1.807) is 0 Å². The normalized spacial score (nSPS) is 10.9. The number of nitrogens with two attached hydrogens (primary N) is 2. The fourth-order valence-electron chi connectivity index (χ4n) is 1.12. The number of pyridine rings is 1. The van der Waals surface area contributed by atoms with Crippen molar-refractivity contribution in [2.75, 3.05) is 5.73 Å². The topological polar surface area (TPSA) is 85.2 Å². The molecule has 1 aromatic rings. The molecular formula is C8H11F2N3O. The van der Waals surface area contributed by atoms with Gasteiger partial charge in [-0.15, -0.1) is 0 Å². The number of aromatic nitrogens is 1. The van der Waals surface area contributed by atoms with Gasteiger partial charge in [0.25, 0.3) is 6.43 Å². The third-order valence-electron chi connectivity index (χ3n) is 1.85. The standard InChI is InChI=1S/C8H11F2N3O/c9-7(10)5-1-4(3-14)6(2-11)13-8(5)12/h1,7,14H,2-3,11H2,(H2,12,13). The molecule has 0 amide bonds. The maximum Gasteiger partial charge on any atom is 0.267 e. The lowest BCUT2D eigenvalue weighted by Crippen LogP contribution is -2.09. The minimum Gasteiger partial charge on any atom is -0.392 e. The fraction of sp³-hybridized carbons (Fsp3) is 0.375. The van der Waals surface area contributed by atoms with Crippen LogP contribution in [0.2, 0.25) is 0 Å². The number of nitrogen functional groups attached to an aromatic ring is 1. The van der Waals surface area contributed by atoms with Gasteiger partial charge in [-0.25, -0.2) is 13.8 Å². The van der Waals surface area contributed by atoms with E-state index in [4.69, 9.17) is 16.6 Å². The molecule has 5 N–H and O–H groups in total. The van der Waals surface area contributed by atoms with Crippen LogP contribution in [0, 0.1) is 0 Å². The number of rotatable bonds is 3. The molecule has 0 atom stereocenters. The summed E-state index contributed by atoms with van der Waals surface area (Å²) in [5.74, 6) is -0.238. The number of anilines is 1. The first-order valence-electron chi connectivity index (χ1n) is 3.97. The molecule has 78 valence electrons. The zero-order chi connectivity index (χ0) is 10.7. The van der Waals surface area contributed by atoms with Crippen LogP contribution in [0.4, 0.5) is 14.6 Å². The van der Waals surface area contributed by atoms with Crippen molar-refractivity contribution in [2.45, 2.75) is 19.6 Å². The number of alkyl halides is 2. The number of hydrogen-bond acceptors (Lipinski definition) is 4. The summed E-state index contributed by atoms with van der Waals surface area (Å²) in [5, 5.41) is 8.87. The highest BCUT2D eigenvalue weighted by molar-refractivity contribution is 5.44. The molecule has 0 bridgehead atoms. The zero-order valence-corrected chi connectivity index (χ0v) is 7.37. The van der Waals surface area contributed by atoms with Gasteiger partial charge in [-0.2, -0.15) is 0 Å². The zero-order valence-electron chi connectivity index (χ0n) is 7.37. The van der Waals surface area contributed by atoms with E-state index in [0.717, 1.165) is 6.07 Å². The number of hydrogen-bond donors (Lipinski definition) is 3. The van der Waals surface area contributed by atoms with Gasteiger partial charge in [0, 0.05) is 12.1 Å². The van der Waals surface area contributed by atoms with Crippen molar-refractivity contribution in [3.05, 3.63) is 22.9 Å². The Bertz CT molecular complexity index is 331. The van der Waals surface area contributed by atoms with Gasteiger partial charge in [-0.05, 0) is 6.07 Å². The maximum atomic E-state index is 12.3. The van der Waals surface area contributed by atoms with Gasteiger partial charge in [0.15, 0.2) is 0 Å². The summed E-state index contributed by atoms with van der Waals surface area (Å²) in [6, 6.07) is 1.13. The highest BCUT2D eigenvalue weighted by Crippen LogP contribution is 2.25. The lowest BCUT2D eigenvalue weighted by Gasteiger charge is -2.09. The van der Waals surface area contributed by atoms with Crippen molar-refractivity contribution in [3.63, 3.8) is 0 Å². The summed E-state index contributed by atoms with van der Waals surface area (Å²) in [4.78, 5) is 3.70. The van der Waals surface area contributed by atoms with E-state index in [-0.39, 0.29) is 30.1 Å². The Morgan fingerprint density at radius 2 is 2.14 bits per heavy atom. The van der Waals surface area contributed by atoms with Crippen LogP contribution in [0.15, 0.2) is 6.07 Å². The molecule has 1 rings (SSSR count). The molecule has 0 aliphatic rings. The quantitative estimate of drug-likeness (QED) is 0.669. The van der Waals surface area contributed by atoms with Crippen LogP contribution in [-0.4, -0.2) is 10.1 Å². The summed E-state index contributed by atoms with van der Waals surface area (Å²) in [5.41, 5.74) is 10.9. The van der Waals surface area contributed by atoms with Gasteiger partial charge in [-0.3, -0.25) is 0 Å². The van der Waals surface area contributed by atoms with E-state index in [9.17, 15) is 8.78 Å². The Morgan fingerprint density at radius 3 is 2.57 bits per heavy atom. The molecule has 1 heterocycles. The predicted molar refractivity (Wildman–Crippen MR) is 47.4 cm³/mol. The summed E-state index contributed by atoms with van der Waals surface area (Å²) in [6.45, 7) is -0.316. The number of aliphatic hydroxyl groups is 1. The molecule has 0 aliphatic heterocycles. The summed E-state index contributed by atoms with van der Waals surface area (Å²) < 4.78 is 24.7. The van der Waals surface area contributed by atoms with Crippen molar-refractivity contribution in [3.8, 4) is 0 Å². The fourth-order valence-corrected chi connectivity index (χ4v) is 1.12. The molecule has 6 heteroatoms. The van der Waals surface area contributed by atoms with Crippen LogP contribution in [0.25, 0.3) is 0 Å². The molecule has 0 aliphatic carbocycles. The average Bonchev–Trinajstić information content (AvgIpc) is 2.16. The van der Waals surface area contributed by atoms with Crippen LogP contribution < -0.4 is 11.5 Å². The lowest BCUT2D eigenvalue weighted by atomic mass is 10.1. The van der Waals surface area contributed by atoms with Crippen molar-refractivity contribution in [1.82, 2.24) is 4.98 Å². The molecule has 4 nitrogen and oxygen atoms in total. The summed E-state index contributed by atoms with van der Waals surface area (Å²) >= 11 is 0. The third kappa shape index (κ3) is 1.97. The first-order valence-corrected chi connectivity index (χ1v) is 3.97. The number of nitrogens with zero attached hydrogens (tertiary/aromatic N) is 1. The molecule has 0 saturated carbocycles. The molecule has 0 saturated heterocycles. The molecule has 0 unspecified atom stereocenters. The number of aliphatic hydroxyl groups excluding tert-OH is 1. The Kier molecular flexibility index (Phi) is 3.32. The second-order valence-electron chi connectivity index (χ2n) is 2.73. The Labute approximate surface area is 79.6 Å². The second kappa shape index (κ2) is 4.30. The van der Waals surface area contributed by atoms with Crippen molar-refractivity contribution in [1.29, 1.82) is 0 Å². The van der Waals surface area contributed by atoms with Crippen LogP contribution in [0.1, 0.15) is 23.2 Å². The maximum absolute atomic E-state index is 12.3. The van der Waals surface area contributed by atoms with E-state index in [1.165, 1.54) is 0 Å². The molecule has 0 aromatic carbocycles. The molecule has 0 fully saturated rings.